The lowest BCUT2D eigenvalue weighted by Gasteiger charge is -2.19. The Hall–Kier alpha value is -2.83. The van der Waals surface area contributed by atoms with Crippen LogP contribution in [0.2, 0.25) is 0 Å². The molecule has 0 radical (unpaired) electrons. The van der Waals surface area contributed by atoms with Crippen LogP contribution in [0.25, 0.3) is 6.08 Å². The fourth-order valence-electron chi connectivity index (χ4n) is 2.00. The van der Waals surface area contributed by atoms with Gasteiger partial charge in [0.05, 0.1) is 0 Å². The second-order valence-electron chi connectivity index (χ2n) is 6.92. The SMILES string of the molecule is CC(C)(C)OC(=O)NCCC(=O)NCCCNC(=O)/C=C/c1ccccc1. The van der Waals surface area contributed by atoms with Gasteiger partial charge in [-0.25, -0.2) is 4.79 Å². The summed E-state index contributed by atoms with van der Waals surface area (Å²) in [5, 5.41) is 8.02. The van der Waals surface area contributed by atoms with E-state index in [2.05, 4.69) is 16.0 Å². The molecule has 0 saturated heterocycles. The molecular weight excluding hydrogens is 346 g/mol. The van der Waals surface area contributed by atoms with Gasteiger partial charge in [-0.3, -0.25) is 9.59 Å². The minimum atomic E-state index is -0.562. The van der Waals surface area contributed by atoms with Gasteiger partial charge in [-0.1, -0.05) is 30.3 Å². The van der Waals surface area contributed by atoms with Crippen molar-refractivity contribution < 1.29 is 19.1 Å². The topological polar surface area (TPSA) is 96.5 Å². The number of ether oxygens (including phenoxy) is 1. The Morgan fingerprint density at radius 3 is 2.30 bits per heavy atom. The Labute approximate surface area is 160 Å². The summed E-state index contributed by atoms with van der Waals surface area (Å²) in [7, 11) is 0. The Morgan fingerprint density at radius 2 is 1.63 bits per heavy atom. The van der Waals surface area contributed by atoms with Crippen LogP contribution in [0.5, 0.6) is 0 Å². The molecule has 0 aliphatic carbocycles. The molecule has 0 spiro atoms. The molecule has 1 aromatic carbocycles. The van der Waals surface area contributed by atoms with Crippen molar-refractivity contribution in [2.24, 2.45) is 0 Å². The van der Waals surface area contributed by atoms with Crippen LogP contribution in [0.3, 0.4) is 0 Å². The molecule has 0 heterocycles. The van der Waals surface area contributed by atoms with Gasteiger partial charge in [0, 0.05) is 32.1 Å². The van der Waals surface area contributed by atoms with Gasteiger partial charge in [0.25, 0.3) is 0 Å². The molecule has 0 unspecified atom stereocenters. The number of rotatable bonds is 9. The molecule has 0 atom stereocenters. The van der Waals surface area contributed by atoms with Gasteiger partial charge < -0.3 is 20.7 Å². The van der Waals surface area contributed by atoms with Gasteiger partial charge in [0.15, 0.2) is 0 Å². The smallest absolute Gasteiger partial charge is 0.407 e. The summed E-state index contributed by atoms with van der Waals surface area (Å²) in [5.41, 5.74) is 0.396. The highest BCUT2D eigenvalue weighted by Crippen LogP contribution is 2.06. The predicted octanol–water partition coefficient (Wildman–Crippen LogP) is 2.24. The summed E-state index contributed by atoms with van der Waals surface area (Å²) in [5.74, 6) is -0.340. The first-order valence-corrected chi connectivity index (χ1v) is 9.01. The number of carbonyl (C=O) groups is 3. The van der Waals surface area contributed by atoms with E-state index in [9.17, 15) is 14.4 Å². The van der Waals surface area contributed by atoms with E-state index >= 15 is 0 Å². The second kappa shape index (κ2) is 11.7. The van der Waals surface area contributed by atoms with Crippen molar-refractivity contribution in [3.8, 4) is 0 Å². The summed E-state index contributed by atoms with van der Waals surface area (Å²) in [4.78, 5) is 34.8. The highest BCUT2D eigenvalue weighted by molar-refractivity contribution is 5.91. The Bertz CT molecular complexity index is 636. The lowest BCUT2D eigenvalue weighted by molar-refractivity contribution is -0.120. The zero-order chi connectivity index (χ0) is 20.1. The maximum Gasteiger partial charge on any atom is 0.407 e. The third kappa shape index (κ3) is 12.2. The first kappa shape index (κ1) is 22.2. The van der Waals surface area contributed by atoms with E-state index in [0.29, 0.717) is 19.5 Å². The summed E-state index contributed by atoms with van der Waals surface area (Å²) in [6.07, 6.45) is 3.48. The highest BCUT2D eigenvalue weighted by atomic mass is 16.6. The number of nitrogens with one attached hydrogen (secondary N) is 3. The van der Waals surface area contributed by atoms with Crippen LogP contribution in [-0.2, 0) is 14.3 Å². The Kier molecular flexibility index (Phi) is 9.64. The van der Waals surface area contributed by atoms with Crippen molar-refractivity contribution in [1.29, 1.82) is 0 Å². The number of hydrogen-bond donors (Lipinski definition) is 3. The normalized spacial score (nSPS) is 11.1. The molecular formula is C20H29N3O4. The lowest BCUT2D eigenvalue weighted by Crippen LogP contribution is -2.35. The van der Waals surface area contributed by atoms with E-state index < -0.39 is 11.7 Å². The average molecular weight is 375 g/mol. The van der Waals surface area contributed by atoms with Gasteiger partial charge in [0.2, 0.25) is 11.8 Å². The standard InChI is InChI=1S/C20H29N3O4/c1-20(2,3)27-19(26)23-15-12-18(25)22-14-7-13-21-17(24)11-10-16-8-5-4-6-9-16/h4-6,8-11H,7,12-15H2,1-3H3,(H,21,24)(H,22,25)(H,23,26)/b11-10+. The molecule has 3 amide bonds. The van der Waals surface area contributed by atoms with Gasteiger partial charge >= 0.3 is 6.09 Å². The number of hydrogen-bond acceptors (Lipinski definition) is 4. The molecule has 148 valence electrons. The van der Waals surface area contributed by atoms with Gasteiger partial charge in [-0.2, -0.15) is 0 Å². The molecule has 0 bridgehead atoms. The molecule has 1 rings (SSSR count). The summed E-state index contributed by atoms with van der Waals surface area (Å²) in [6.45, 7) is 6.45. The zero-order valence-corrected chi connectivity index (χ0v) is 16.2. The van der Waals surface area contributed by atoms with E-state index in [-0.39, 0.29) is 24.8 Å². The first-order chi connectivity index (χ1) is 12.8. The minimum absolute atomic E-state index is 0.165. The summed E-state index contributed by atoms with van der Waals surface area (Å²) < 4.78 is 5.08. The molecule has 0 aliphatic heterocycles. The summed E-state index contributed by atoms with van der Waals surface area (Å²) in [6, 6.07) is 9.56. The van der Waals surface area contributed by atoms with Crippen molar-refractivity contribution in [3.05, 3.63) is 42.0 Å². The predicted molar refractivity (Wildman–Crippen MR) is 105 cm³/mol. The molecule has 1 aromatic rings. The second-order valence-corrected chi connectivity index (χ2v) is 6.92. The van der Waals surface area contributed by atoms with Crippen LogP contribution in [0.15, 0.2) is 36.4 Å². The van der Waals surface area contributed by atoms with Crippen LogP contribution in [0.4, 0.5) is 4.79 Å². The van der Waals surface area contributed by atoms with E-state index in [0.717, 1.165) is 5.56 Å². The lowest BCUT2D eigenvalue weighted by atomic mass is 10.2. The molecule has 7 heteroatoms. The van der Waals surface area contributed by atoms with Crippen molar-refractivity contribution >= 4 is 24.0 Å². The van der Waals surface area contributed by atoms with Gasteiger partial charge in [-0.05, 0) is 38.8 Å². The molecule has 0 aliphatic rings. The largest absolute Gasteiger partial charge is 0.444 e. The number of amides is 3. The van der Waals surface area contributed by atoms with Crippen LogP contribution in [0.1, 0.15) is 39.2 Å². The Morgan fingerprint density at radius 1 is 0.963 bits per heavy atom. The molecule has 27 heavy (non-hydrogen) atoms. The van der Waals surface area contributed by atoms with Crippen LogP contribution < -0.4 is 16.0 Å². The average Bonchev–Trinajstić information content (AvgIpc) is 2.59. The minimum Gasteiger partial charge on any atom is -0.444 e. The van der Waals surface area contributed by atoms with Gasteiger partial charge in [0.1, 0.15) is 5.60 Å². The van der Waals surface area contributed by atoms with Crippen LogP contribution in [0, 0.1) is 0 Å². The quantitative estimate of drug-likeness (QED) is 0.455. The van der Waals surface area contributed by atoms with Crippen molar-refractivity contribution in [3.63, 3.8) is 0 Å². The fourth-order valence-corrected chi connectivity index (χ4v) is 2.00. The first-order valence-electron chi connectivity index (χ1n) is 9.01. The van der Waals surface area contributed by atoms with Crippen LogP contribution >= 0.6 is 0 Å². The molecule has 0 saturated carbocycles. The maximum atomic E-state index is 11.7. The molecule has 3 N–H and O–H groups in total. The number of benzene rings is 1. The van der Waals surface area contributed by atoms with Gasteiger partial charge in [-0.15, -0.1) is 0 Å². The maximum absolute atomic E-state index is 11.7. The zero-order valence-electron chi connectivity index (χ0n) is 16.2. The Balaban J connectivity index is 2.05. The fraction of sp³-hybridized carbons (Fsp3) is 0.450. The molecule has 0 fully saturated rings. The molecule has 7 nitrogen and oxygen atoms in total. The number of alkyl carbamates (subject to hydrolysis) is 1. The van der Waals surface area contributed by atoms with E-state index in [1.807, 2.05) is 30.3 Å². The van der Waals surface area contributed by atoms with E-state index in [4.69, 9.17) is 4.74 Å². The van der Waals surface area contributed by atoms with Crippen molar-refractivity contribution in [2.45, 2.75) is 39.2 Å². The monoisotopic (exact) mass is 375 g/mol. The number of carbonyl (C=O) groups excluding carboxylic acids is 3. The van der Waals surface area contributed by atoms with E-state index in [1.165, 1.54) is 6.08 Å². The van der Waals surface area contributed by atoms with Crippen molar-refractivity contribution in [1.82, 2.24) is 16.0 Å². The van der Waals surface area contributed by atoms with Crippen LogP contribution in [-0.4, -0.2) is 43.1 Å². The highest BCUT2D eigenvalue weighted by Gasteiger charge is 2.15. The van der Waals surface area contributed by atoms with Crippen molar-refractivity contribution in [2.75, 3.05) is 19.6 Å². The third-order valence-electron chi connectivity index (χ3n) is 3.22. The third-order valence-corrected chi connectivity index (χ3v) is 3.22. The molecule has 0 aromatic heterocycles. The summed E-state index contributed by atoms with van der Waals surface area (Å²) >= 11 is 0. The van der Waals surface area contributed by atoms with E-state index in [1.54, 1.807) is 26.8 Å².